The molecule has 0 atom stereocenters. The Morgan fingerprint density at radius 2 is 1.62 bits per heavy atom. The molecular weight excluding hydrogens is 332 g/mol. The monoisotopic (exact) mass is 352 g/mol. The molecule has 2 aromatic carbocycles. The van der Waals surface area contributed by atoms with E-state index in [-0.39, 0.29) is 23.8 Å². The highest BCUT2D eigenvalue weighted by Gasteiger charge is 2.22. The lowest BCUT2D eigenvalue weighted by atomic mass is 10.1. The minimum absolute atomic E-state index is 0.0655. The molecule has 1 fully saturated rings. The van der Waals surface area contributed by atoms with Gasteiger partial charge in [0.15, 0.2) is 0 Å². The molecular formula is C20H20N2O4. The molecule has 1 saturated heterocycles. The molecule has 6 nitrogen and oxygen atoms in total. The number of rotatable bonds is 5. The molecule has 0 unspecified atom stereocenters. The molecule has 1 aliphatic heterocycles. The number of carbonyl (C=O) groups is 3. The fourth-order valence-electron chi connectivity index (χ4n) is 3.01. The van der Waals surface area contributed by atoms with E-state index in [1.807, 2.05) is 0 Å². The molecule has 26 heavy (non-hydrogen) atoms. The highest BCUT2D eigenvalue weighted by Crippen LogP contribution is 2.20. The van der Waals surface area contributed by atoms with Gasteiger partial charge in [0.1, 0.15) is 0 Å². The highest BCUT2D eigenvalue weighted by molar-refractivity contribution is 6.04. The van der Waals surface area contributed by atoms with Crippen LogP contribution in [0.2, 0.25) is 0 Å². The molecule has 2 amide bonds. The van der Waals surface area contributed by atoms with Gasteiger partial charge < -0.3 is 15.3 Å². The van der Waals surface area contributed by atoms with Gasteiger partial charge in [0, 0.05) is 13.1 Å². The Morgan fingerprint density at radius 3 is 2.27 bits per heavy atom. The van der Waals surface area contributed by atoms with E-state index in [0.717, 1.165) is 25.9 Å². The van der Waals surface area contributed by atoms with Crippen LogP contribution in [-0.2, 0) is 11.2 Å². The van der Waals surface area contributed by atoms with E-state index in [2.05, 4.69) is 5.32 Å². The Hall–Kier alpha value is -3.15. The summed E-state index contributed by atoms with van der Waals surface area (Å²) in [6.07, 6.45) is 2.12. The number of hydrogen-bond acceptors (Lipinski definition) is 3. The van der Waals surface area contributed by atoms with Crippen molar-refractivity contribution >= 4 is 23.5 Å². The van der Waals surface area contributed by atoms with Gasteiger partial charge in [-0.3, -0.25) is 9.59 Å². The highest BCUT2D eigenvalue weighted by atomic mass is 16.4. The van der Waals surface area contributed by atoms with Crippen LogP contribution in [0.5, 0.6) is 0 Å². The van der Waals surface area contributed by atoms with Gasteiger partial charge in [-0.15, -0.1) is 0 Å². The second-order valence-electron chi connectivity index (χ2n) is 6.27. The lowest BCUT2D eigenvalue weighted by molar-refractivity contribution is -0.115. The minimum Gasteiger partial charge on any atom is -0.478 e. The van der Waals surface area contributed by atoms with Gasteiger partial charge in [0.05, 0.1) is 23.2 Å². The van der Waals surface area contributed by atoms with Crippen LogP contribution < -0.4 is 5.32 Å². The van der Waals surface area contributed by atoms with Gasteiger partial charge >= 0.3 is 5.97 Å². The van der Waals surface area contributed by atoms with E-state index in [0.29, 0.717) is 16.8 Å². The summed E-state index contributed by atoms with van der Waals surface area (Å²) >= 11 is 0. The van der Waals surface area contributed by atoms with Crippen LogP contribution in [0.3, 0.4) is 0 Å². The summed E-state index contributed by atoms with van der Waals surface area (Å²) in [4.78, 5) is 37.6. The lowest BCUT2D eigenvalue weighted by Crippen LogP contribution is -2.29. The van der Waals surface area contributed by atoms with Gasteiger partial charge in [-0.25, -0.2) is 4.79 Å². The standard InChI is InChI=1S/C20H20N2O4/c23-18(13-14-7-9-15(10-8-14)20(25)26)21-17-6-2-1-5-16(17)19(24)22-11-3-4-12-22/h1-2,5-10H,3-4,11-13H2,(H,21,23)(H,25,26). The van der Waals surface area contributed by atoms with E-state index >= 15 is 0 Å². The minimum atomic E-state index is -1.00. The first kappa shape index (κ1) is 17.7. The fourth-order valence-corrected chi connectivity index (χ4v) is 3.01. The topological polar surface area (TPSA) is 86.7 Å². The first-order valence-corrected chi connectivity index (χ1v) is 8.55. The van der Waals surface area contributed by atoms with Crippen LogP contribution in [-0.4, -0.2) is 40.9 Å². The van der Waals surface area contributed by atoms with Crippen LogP contribution in [0.4, 0.5) is 5.69 Å². The molecule has 0 spiro atoms. The second-order valence-corrected chi connectivity index (χ2v) is 6.27. The number of anilines is 1. The van der Waals surface area contributed by atoms with Crippen molar-refractivity contribution in [1.29, 1.82) is 0 Å². The molecule has 134 valence electrons. The third kappa shape index (κ3) is 4.08. The molecule has 1 heterocycles. The number of nitrogens with one attached hydrogen (secondary N) is 1. The Labute approximate surface area is 151 Å². The van der Waals surface area contributed by atoms with Crippen LogP contribution in [0.25, 0.3) is 0 Å². The second kappa shape index (κ2) is 7.82. The van der Waals surface area contributed by atoms with E-state index in [1.54, 1.807) is 41.3 Å². The third-order valence-corrected chi connectivity index (χ3v) is 4.39. The molecule has 0 aromatic heterocycles. The number of likely N-dealkylation sites (tertiary alicyclic amines) is 1. The van der Waals surface area contributed by atoms with Crippen molar-refractivity contribution in [1.82, 2.24) is 4.90 Å². The number of amides is 2. The number of carboxylic acids is 1. The largest absolute Gasteiger partial charge is 0.478 e. The van der Waals surface area contributed by atoms with Crippen LogP contribution in [0, 0.1) is 0 Å². The molecule has 3 rings (SSSR count). The van der Waals surface area contributed by atoms with Crippen molar-refractivity contribution in [2.75, 3.05) is 18.4 Å². The third-order valence-electron chi connectivity index (χ3n) is 4.39. The Balaban J connectivity index is 1.69. The molecule has 0 radical (unpaired) electrons. The van der Waals surface area contributed by atoms with Crippen LogP contribution in [0.15, 0.2) is 48.5 Å². The maximum atomic E-state index is 12.6. The number of benzene rings is 2. The van der Waals surface area contributed by atoms with E-state index < -0.39 is 5.97 Å². The normalized spacial score (nSPS) is 13.5. The Bertz CT molecular complexity index is 824. The SMILES string of the molecule is O=C(Cc1ccc(C(=O)O)cc1)Nc1ccccc1C(=O)N1CCCC1. The van der Waals surface area contributed by atoms with Crippen molar-refractivity contribution in [3.63, 3.8) is 0 Å². The zero-order valence-electron chi connectivity index (χ0n) is 14.3. The predicted molar refractivity (Wildman–Crippen MR) is 97.3 cm³/mol. The van der Waals surface area contributed by atoms with Crippen LogP contribution in [0.1, 0.15) is 39.1 Å². The number of carboxylic acid groups (broad SMARTS) is 1. The zero-order valence-corrected chi connectivity index (χ0v) is 14.3. The smallest absolute Gasteiger partial charge is 0.335 e. The summed E-state index contributed by atoms with van der Waals surface area (Å²) in [5.41, 5.74) is 1.87. The van der Waals surface area contributed by atoms with Gasteiger partial charge in [-0.2, -0.15) is 0 Å². The predicted octanol–water partition coefficient (Wildman–Crippen LogP) is 2.80. The summed E-state index contributed by atoms with van der Waals surface area (Å²) in [5.74, 6) is -1.32. The summed E-state index contributed by atoms with van der Waals surface area (Å²) in [6.45, 7) is 1.49. The van der Waals surface area contributed by atoms with Crippen molar-refractivity contribution in [2.24, 2.45) is 0 Å². The van der Waals surface area contributed by atoms with E-state index in [1.165, 1.54) is 12.1 Å². The average molecular weight is 352 g/mol. The summed E-state index contributed by atoms with van der Waals surface area (Å²) in [7, 11) is 0. The van der Waals surface area contributed by atoms with Gasteiger partial charge in [0.25, 0.3) is 5.91 Å². The Kier molecular flexibility index (Phi) is 5.31. The van der Waals surface area contributed by atoms with Crippen LogP contribution >= 0.6 is 0 Å². The van der Waals surface area contributed by atoms with Gasteiger partial charge in [-0.05, 0) is 42.7 Å². The van der Waals surface area contributed by atoms with E-state index in [4.69, 9.17) is 5.11 Å². The quantitative estimate of drug-likeness (QED) is 0.866. The number of carbonyl (C=O) groups excluding carboxylic acids is 2. The summed E-state index contributed by atoms with van der Waals surface area (Å²) < 4.78 is 0. The van der Waals surface area contributed by atoms with Crippen molar-refractivity contribution in [3.8, 4) is 0 Å². The molecule has 2 N–H and O–H groups in total. The fraction of sp³-hybridized carbons (Fsp3) is 0.250. The lowest BCUT2D eigenvalue weighted by Gasteiger charge is -2.18. The number of hydrogen-bond donors (Lipinski definition) is 2. The molecule has 6 heteroatoms. The summed E-state index contributed by atoms with van der Waals surface area (Å²) in [5, 5.41) is 11.7. The molecule has 2 aromatic rings. The maximum absolute atomic E-state index is 12.6. The number of aromatic carboxylic acids is 1. The first-order valence-electron chi connectivity index (χ1n) is 8.55. The van der Waals surface area contributed by atoms with E-state index in [9.17, 15) is 14.4 Å². The van der Waals surface area contributed by atoms with Crippen molar-refractivity contribution < 1.29 is 19.5 Å². The molecule has 0 bridgehead atoms. The molecule has 0 saturated carbocycles. The van der Waals surface area contributed by atoms with Gasteiger partial charge in [0.2, 0.25) is 5.91 Å². The summed E-state index contributed by atoms with van der Waals surface area (Å²) in [6, 6.07) is 13.2. The zero-order chi connectivity index (χ0) is 18.5. The van der Waals surface area contributed by atoms with Crippen molar-refractivity contribution in [2.45, 2.75) is 19.3 Å². The number of nitrogens with zero attached hydrogens (tertiary/aromatic N) is 1. The van der Waals surface area contributed by atoms with Crippen molar-refractivity contribution in [3.05, 3.63) is 65.2 Å². The number of para-hydroxylation sites is 1. The Morgan fingerprint density at radius 1 is 0.962 bits per heavy atom. The average Bonchev–Trinajstić information content (AvgIpc) is 3.16. The maximum Gasteiger partial charge on any atom is 0.335 e. The molecule has 0 aliphatic carbocycles. The van der Waals surface area contributed by atoms with Gasteiger partial charge in [-0.1, -0.05) is 24.3 Å². The first-order chi connectivity index (χ1) is 12.5. The molecule has 1 aliphatic rings.